The monoisotopic (exact) mass is 286 g/mol. The standard InChI is InChI=1S/C14H16N4O.C2H6/c1-18(2)10-17-13-7-15-14(16-8-13)12-5-3-4-11(6-12)9-19;1-2/h3-8,10,19H,9H2,1-2H3;1-2H3. The molecule has 1 heterocycles. The van der Waals surface area contributed by atoms with Gasteiger partial charge in [0, 0.05) is 19.7 Å². The zero-order chi connectivity index (χ0) is 15.7. The van der Waals surface area contributed by atoms with Crippen LogP contribution in [0.1, 0.15) is 19.4 Å². The Morgan fingerprint density at radius 3 is 2.43 bits per heavy atom. The van der Waals surface area contributed by atoms with Crippen molar-refractivity contribution >= 4 is 12.0 Å². The molecule has 0 bridgehead atoms. The van der Waals surface area contributed by atoms with Crippen LogP contribution in [0.4, 0.5) is 5.69 Å². The molecule has 112 valence electrons. The average molecular weight is 286 g/mol. The number of aromatic nitrogens is 2. The van der Waals surface area contributed by atoms with Gasteiger partial charge in [-0.15, -0.1) is 0 Å². The summed E-state index contributed by atoms with van der Waals surface area (Å²) in [5.41, 5.74) is 2.43. The smallest absolute Gasteiger partial charge is 0.159 e. The molecule has 1 aromatic carbocycles. The van der Waals surface area contributed by atoms with Gasteiger partial charge in [-0.1, -0.05) is 32.0 Å². The van der Waals surface area contributed by atoms with E-state index in [2.05, 4.69) is 15.0 Å². The summed E-state index contributed by atoms with van der Waals surface area (Å²) < 4.78 is 0. The molecule has 2 rings (SSSR count). The van der Waals surface area contributed by atoms with Crippen molar-refractivity contribution in [2.75, 3.05) is 14.1 Å². The van der Waals surface area contributed by atoms with Crippen LogP contribution >= 0.6 is 0 Å². The van der Waals surface area contributed by atoms with Gasteiger partial charge in [-0.3, -0.25) is 0 Å². The van der Waals surface area contributed by atoms with Crippen LogP contribution in [0.3, 0.4) is 0 Å². The van der Waals surface area contributed by atoms with Gasteiger partial charge in [0.1, 0.15) is 5.69 Å². The van der Waals surface area contributed by atoms with Crippen LogP contribution in [-0.4, -0.2) is 40.4 Å². The van der Waals surface area contributed by atoms with Gasteiger partial charge in [-0.25, -0.2) is 15.0 Å². The molecule has 1 N–H and O–H groups in total. The van der Waals surface area contributed by atoms with Crippen molar-refractivity contribution in [2.45, 2.75) is 20.5 Å². The molecule has 0 spiro atoms. The van der Waals surface area contributed by atoms with Crippen LogP contribution in [0, 0.1) is 0 Å². The van der Waals surface area contributed by atoms with E-state index in [1.54, 1.807) is 18.7 Å². The molecule has 0 unspecified atom stereocenters. The highest BCUT2D eigenvalue weighted by molar-refractivity contribution is 5.61. The lowest BCUT2D eigenvalue weighted by molar-refractivity contribution is 0.282. The molecule has 5 nitrogen and oxygen atoms in total. The third-order valence-electron chi connectivity index (χ3n) is 2.44. The van der Waals surface area contributed by atoms with Gasteiger partial charge in [0.05, 0.1) is 25.3 Å². The molecular formula is C16H22N4O. The number of aliphatic hydroxyl groups is 1. The molecule has 0 saturated heterocycles. The maximum absolute atomic E-state index is 9.11. The predicted octanol–water partition coefficient (Wildman–Crippen LogP) is 2.88. The first-order chi connectivity index (χ1) is 10.2. The summed E-state index contributed by atoms with van der Waals surface area (Å²) in [5.74, 6) is 0.624. The molecule has 0 saturated carbocycles. The highest BCUT2D eigenvalue weighted by atomic mass is 16.3. The second-order valence-corrected chi connectivity index (χ2v) is 4.33. The molecule has 0 amide bonds. The number of benzene rings is 1. The molecule has 0 aliphatic heterocycles. The van der Waals surface area contributed by atoms with E-state index in [1.165, 1.54) is 0 Å². The zero-order valence-electron chi connectivity index (χ0n) is 13.0. The fourth-order valence-electron chi connectivity index (χ4n) is 1.53. The van der Waals surface area contributed by atoms with Crippen molar-refractivity contribution in [3.8, 4) is 11.4 Å². The Bertz CT molecular complexity index is 565. The van der Waals surface area contributed by atoms with Gasteiger partial charge in [0.25, 0.3) is 0 Å². The van der Waals surface area contributed by atoms with E-state index in [0.29, 0.717) is 11.5 Å². The number of hydrogen-bond acceptors (Lipinski definition) is 4. The van der Waals surface area contributed by atoms with Gasteiger partial charge < -0.3 is 10.0 Å². The van der Waals surface area contributed by atoms with Crippen LogP contribution in [0.5, 0.6) is 0 Å². The number of aliphatic hydroxyl groups excluding tert-OH is 1. The minimum Gasteiger partial charge on any atom is -0.392 e. The Labute approximate surface area is 126 Å². The summed E-state index contributed by atoms with van der Waals surface area (Å²) in [6, 6.07) is 7.52. The summed E-state index contributed by atoms with van der Waals surface area (Å²) in [4.78, 5) is 14.6. The van der Waals surface area contributed by atoms with Crippen LogP contribution in [0.25, 0.3) is 11.4 Å². The maximum Gasteiger partial charge on any atom is 0.159 e. The fraction of sp³-hybridized carbons (Fsp3) is 0.312. The molecule has 5 heteroatoms. The van der Waals surface area contributed by atoms with E-state index in [-0.39, 0.29) is 6.61 Å². The predicted molar refractivity (Wildman–Crippen MR) is 86.6 cm³/mol. The molecule has 0 aliphatic carbocycles. The normalized spacial score (nSPS) is 10.1. The minimum atomic E-state index is 0.0129. The lowest BCUT2D eigenvalue weighted by Crippen LogP contribution is -2.07. The maximum atomic E-state index is 9.11. The van der Waals surface area contributed by atoms with Crippen LogP contribution in [0.15, 0.2) is 41.7 Å². The Hall–Kier alpha value is -2.27. The van der Waals surface area contributed by atoms with E-state index in [9.17, 15) is 0 Å². The summed E-state index contributed by atoms with van der Waals surface area (Å²) in [7, 11) is 3.80. The van der Waals surface area contributed by atoms with Crippen LogP contribution in [-0.2, 0) is 6.61 Å². The molecule has 0 fully saturated rings. The van der Waals surface area contributed by atoms with E-state index in [4.69, 9.17) is 5.11 Å². The van der Waals surface area contributed by atoms with Crippen molar-refractivity contribution in [2.24, 2.45) is 4.99 Å². The topological polar surface area (TPSA) is 61.6 Å². The van der Waals surface area contributed by atoms with E-state index in [1.807, 2.05) is 57.1 Å². The first-order valence-corrected chi connectivity index (χ1v) is 6.92. The molecular weight excluding hydrogens is 264 g/mol. The summed E-state index contributed by atoms with van der Waals surface area (Å²) in [6.45, 7) is 4.01. The number of rotatable bonds is 4. The molecule has 21 heavy (non-hydrogen) atoms. The zero-order valence-corrected chi connectivity index (χ0v) is 13.0. The molecule has 0 atom stereocenters. The van der Waals surface area contributed by atoms with E-state index < -0.39 is 0 Å². The molecule has 0 aliphatic rings. The minimum absolute atomic E-state index is 0.0129. The highest BCUT2D eigenvalue weighted by Crippen LogP contribution is 2.18. The van der Waals surface area contributed by atoms with Gasteiger partial charge in [-0.05, 0) is 11.6 Å². The fourth-order valence-corrected chi connectivity index (χ4v) is 1.53. The summed E-state index contributed by atoms with van der Waals surface area (Å²) in [6.07, 6.45) is 5.05. The Kier molecular flexibility index (Phi) is 7.04. The van der Waals surface area contributed by atoms with Crippen molar-refractivity contribution in [3.63, 3.8) is 0 Å². The second-order valence-electron chi connectivity index (χ2n) is 4.33. The summed E-state index contributed by atoms with van der Waals surface area (Å²) in [5, 5.41) is 9.11. The van der Waals surface area contributed by atoms with Gasteiger partial charge >= 0.3 is 0 Å². The van der Waals surface area contributed by atoms with Gasteiger partial charge in [-0.2, -0.15) is 0 Å². The number of nitrogens with zero attached hydrogens (tertiary/aromatic N) is 4. The Morgan fingerprint density at radius 1 is 1.19 bits per heavy atom. The first kappa shape index (κ1) is 16.8. The third kappa shape index (κ3) is 5.31. The second kappa shape index (κ2) is 8.81. The van der Waals surface area contributed by atoms with Gasteiger partial charge in [0.2, 0.25) is 0 Å². The van der Waals surface area contributed by atoms with E-state index in [0.717, 1.165) is 11.1 Å². The van der Waals surface area contributed by atoms with E-state index >= 15 is 0 Å². The van der Waals surface area contributed by atoms with Crippen LogP contribution < -0.4 is 0 Å². The lowest BCUT2D eigenvalue weighted by atomic mass is 10.1. The lowest BCUT2D eigenvalue weighted by Gasteiger charge is -2.04. The number of aliphatic imine (C=N–C) groups is 1. The largest absolute Gasteiger partial charge is 0.392 e. The Balaban J connectivity index is 0.00000106. The SMILES string of the molecule is CC.CN(C)C=Nc1cnc(-c2cccc(CO)c2)nc1. The van der Waals surface area contributed by atoms with Crippen molar-refractivity contribution in [3.05, 3.63) is 42.2 Å². The highest BCUT2D eigenvalue weighted by Gasteiger charge is 2.02. The van der Waals surface area contributed by atoms with Crippen LogP contribution in [0.2, 0.25) is 0 Å². The third-order valence-corrected chi connectivity index (χ3v) is 2.44. The molecule has 0 radical (unpaired) electrons. The van der Waals surface area contributed by atoms with Crippen molar-refractivity contribution in [1.29, 1.82) is 0 Å². The quantitative estimate of drug-likeness (QED) is 0.693. The summed E-state index contributed by atoms with van der Waals surface area (Å²) >= 11 is 0. The number of hydrogen-bond donors (Lipinski definition) is 1. The molecule has 1 aromatic heterocycles. The van der Waals surface area contributed by atoms with Crippen molar-refractivity contribution < 1.29 is 5.11 Å². The molecule has 2 aromatic rings. The first-order valence-electron chi connectivity index (χ1n) is 6.92. The average Bonchev–Trinajstić information content (AvgIpc) is 2.55. The van der Waals surface area contributed by atoms with Gasteiger partial charge in [0.15, 0.2) is 5.82 Å². The van der Waals surface area contributed by atoms with Crippen molar-refractivity contribution in [1.82, 2.24) is 14.9 Å². The Morgan fingerprint density at radius 2 is 1.86 bits per heavy atom.